The van der Waals surface area contributed by atoms with Crippen molar-refractivity contribution in [1.29, 1.82) is 0 Å². The van der Waals surface area contributed by atoms with Gasteiger partial charge in [0.2, 0.25) is 0 Å². The largest absolute Gasteiger partial charge is 0.0814 e. The number of allylic oxidation sites excluding steroid dienone is 4. The van der Waals surface area contributed by atoms with Crippen molar-refractivity contribution in [2.24, 2.45) is 5.92 Å². The summed E-state index contributed by atoms with van der Waals surface area (Å²) in [7, 11) is 0. The highest BCUT2D eigenvalue weighted by Crippen LogP contribution is 2.39. The van der Waals surface area contributed by atoms with E-state index in [1.165, 1.54) is 65.7 Å². The molecule has 0 aliphatic heterocycles. The zero-order chi connectivity index (χ0) is 24.8. The average Bonchev–Trinajstić information content (AvgIpc) is 2.97. The average molecular weight is 473 g/mol. The molecule has 176 valence electrons. The Kier molecular flexibility index (Phi) is 5.26. The molecule has 0 saturated heterocycles. The molecule has 0 heterocycles. The zero-order valence-electron chi connectivity index (χ0n) is 21.0. The first-order chi connectivity index (χ1) is 18.2. The number of rotatable bonds is 3. The Morgan fingerprint density at radius 2 is 1.00 bits per heavy atom. The molecule has 6 aromatic rings. The van der Waals surface area contributed by atoms with Gasteiger partial charge in [-0.1, -0.05) is 122 Å². The van der Waals surface area contributed by atoms with E-state index in [-0.39, 0.29) is 0 Å². The van der Waals surface area contributed by atoms with Crippen molar-refractivity contribution in [1.82, 2.24) is 0 Å². The van der Waals surface area contributed by atoms with Crippen molar-refractivity contribution in [2.75, 3.05) is 0 Å². The van der Waals surface area contributed by atoms with Gasteiger partial charge in [-0.25, -0.2) is 0 Å². The second-order valence-electron chi connectivity index (χ2n) is 10.3. The van der Waals surface area contributed by atoms with Crippen LogP contribution in [0.2, 0.25) is 0 Å². The van der Waals surface area contributed by atoms with Crippen molar-refractivity contribution in [3.8, 4) is 22.3 Å². The topological polar surface area (TPSA) is 0 Å². The van der Waals surface area contributed by atoms with Crippen LogP contribution in [0.25, 0.3) is 60.1 Å². The highest BCUT2D eigenvalue weighted by molar-refractivity contribution is 6.26. The predicted octanol–water partition coefficient (Wildman–Crippen LogP) is 10.5. The van der Waals surface area contributed by atoms with Gasteiger partial charge in [-0.2, -0.15) is 0 Å². The summed E-state index contributed by atoms with van der Waals surface area (Å²) >= 11 is 0. The maximum absolute atomic E-state index is 2.39. The summed E-state index contributed by atoms with van der Waals surface area (Å²) in [6, 6.07) is 42.5. The molecular formula is C37H28. The van der Waals surface area contributed by atoms with Gasteiger partial charge < -0.3 is 0 Å². The van der Waals surface area contributed by atoms with Crippen molar-refractivity contribution in [3.63, 3.8) is 0 Å². The minimum atomic E-state index is 0.589. The van der Waals surface area contributed by atoms with E-state index in [1.54, 1.807) is 0 Å². The Bertz CT molecular complexity index is 1830. The molecule has 0 radical (unpaired) electrons. The van der Waals surface area contributed by atoms with Crippen LogP contribution in [-0.2, 0) is 0 Å². The Hall–Kier alpha value is -4.42. The quantitative estimate of drug-likeness (QED) is 0.225. The Labute approximate surface area is 218 Å². The summed E-state index contributed by atoms with van der Waals surface area (Å²) in [5.74, 6) is 0.589. The van der Waals surface area contributed by atoms with E-state index in [9.17, 15) is 0 Å². The number of hydrogen-bond acceptors (Lipinski definition) is 0. The molecule has 0 N–H and O–H groups in total. The van der Waals surface area contributed by atoms with Gasteiger partial charge in [0.1, 0.15) is 0 Å². The van der Waals surface area contributed by atoms with E-state index in [1.807, 2.05) is 0 Å². The maximum atomic E-state index is 2.39. The summed E-state index contributed by atoms with van der Waals surface area (Å²) in [6.07, 6.45) is 7.85. The lowest BCUT2D eigenvalue weighted by Gasteiger charge is -2.16. The molecular weight excluding hydrogens is 444 g/mol. The number of hydrogen-bond donors (Lipinski definition) is 0. The van der Waals surface area contributed by atoms with Gasteiger partial charge in [0.25, 0.3) is 0 Å². The van der Waals surface area contributed by atoms with Gasteiger partial charge in [0, 0.05) is 0 Å². The van der Waals surface area contributed by atoms with Crippen molar-refractivity contribution >= 4 is 37.9 Å². The predicted molar refractivity (Wildman–Crippen MR) is 161 cm³/mol. The highest BCUT2D eigenvalue weighted by atomic mass is 14.2. The van der Waals surface area contributed by atoms with E-state index in [0.29, 0.717) is 5.92 Å². The smallest absolute Gasteiger partial charge is 0.00928 e. The first-order valence-corrected chi connectivity index (χ1v) is 13.2. The van der Waals surface area contributed by atoms with E-state index in [0.717, 1.165) is 6.42 Å². The molecule has 0 bridgehead atoms. The third-order valence-electron chi connectivity index (χ3n) is 7.79. The van der Waals surface area contributed by atoms with Crippen LogP contribution in [0.1, 0.15) is 18.9 Å². The standard InChI is InChI=1S/C37H28/c1-25-9-7-12-27(21-25)28-13-8-14-29(22-28)31-18-20-35-34-19-17-30(26-10-3-2-4-11-26)23-36(34)32-15-5-6-16-33(32)37(35)24-31/h2-20,22-25H,21H2,1H3. The van der Waals surface area contributed by atoms with E-state index in [4.69, 9.17) is 0 Å². The van der Waals surface area contributed by atoms with Gasteiger partial charge in [-0.05, 0) is 96.2 Å². The Morgan fingerprint density at radius 3 is 1.68 bits per heavy atom. The molecule has 0 amide bonds. The van der Waals surface area contributed by atoms with Crippen molar-refractivity contribution in [3.05, 3.63) is 139 Å². The second-order valence-corrected chi connectivity index (χ2v) is 10.3. The molecule has 1 aliphatic rings. The number of fused-ring (bicyclic) bond motifs is 6. The molecule has 1 atom stereocenters. The molecule has 6 aromatic carbocycles. The van der Waals surface area contributed by atoms with Crippen LogP contribution in [0.3, 0.4) is 0 Å². The fraction of sp³-hybridized carbons (Fsp3) is 0.0811. The van der Waals surface area contributed by atoms with E-state index >= 15 is 0 Å². The van der Waals surface area contributed by atoms with Crippen LogP contribution in [0.4, 0.5) is 0 Å². The zero-order valence-corrected chi connectivity index (χ0v) is 21.0. The summed E-state index contributed by atoms with van der Waals surface area (Å²) in [6.45, 7) is 2.29. The fourth-order valence-corrected chi connectivity index (χ4v) is 5.90. The molecule has 1 unspecified atom stereocenters. The summed E-state index contributed by atoms with van der Waals surface area (Å²) in [5, 5.41) is 7.85. The van der Waals surface area contributed by atoms with Crippen LogP contribution in [-0.4, -0.2) is 0 Å². The summed E-state index contributed by atoms with van der Waals surface area (Å²) in [4.78, 5) is 0. The lowest BCUT2D eigenvalue weighted by atomic mass is 9.88. The fourth-order valence-electron chi connectivity index (χ4n) is 5.90. The van der Waals surface area contributed by atoms with Crippen LogP contribution < -0.4 is 0 Å². The monoisotopic (exact) mass is 472 g/mol. The second kappa shape index (κ2) is 8.91. The van der Waals surface area contributed by atoms with Gasteiger partial charge in [-0.15, -0.1) is 0 Å². The van der Waals surface area contributed by atoms with Gasteiger partial charge in [0.05, 0.1) is 0 Å². The van der Waals surface area contributed by atoms with Crippen LogP contribution in [0.5, 0.6) is 0 Å². The summed E-state index contributed by atoms with van der Waals surface area (Å²) in [5.41, 5.74) is 7.79. The normalized spacial score (nSPS) is 15.4. The minimum Gasteiger partial charge on any atom is -0.0814 e. The lowest BCUT2D eigenvalue weighted by Crippen LogP contribution is -1.97. The van der Waals surface area contributed by atoms with E-state index in [2.05, 4.69) is 140 Å². The molecule has 0 aromatic heterocycles. The van der Waals surface area contributed by atoms with Gasteiger partial charge >= 0.3 is 0 Å². The molecule has 0 heteroatoms. The first-order valence-electron chi connectivity index (χ1n) is 13.2. The van der Waals surface area contributed by atoms with Crippen LogP contribution in [0.15, 0.2) is 133 Å². The third kappa shape index (κ3) is 3.86. The molecule has 7 rings (SSSR count). The number of benzene rings is 6. The molecule has 0 fully saturated rings. The lowest BCUT2D eigenvalue weighted by molar-refractivity contribution is 0.749. The third-order valence-corrected chi connectivity index (χ3v) is 7.79. The molecule has 37 heavy (non-hydrogen) atoms. The summed E-state index contributed by atoms with van der Waals surface area (Å²) < 4.78 is 0. The molecule has 0 nitrogen and oxygen atoms in total. The van der Waals surface area contributed by atoms with Crippen molar-refractivity contribution in [2.45, 2.75) is 13.3 Å². The molecule has 0 saturated carbocycles. The SMILES string of the molecule is CC1C=CC=C(c2cccc(-c3ccc4c5ccc(-c6ccccc6)cc5c5ccccc5c4c3)c2)C1. The highest BCUT2D eigenvalue weighted by Gasteiger charge is 2.13. The maximum Gasteiger partial charge on any atom is -0.00928 e. The minimum absolute atomic E-state index is 0.589. The molecule has 1 aliphatic carbocycles. The van der Waals surface area contributed by atoms with Gasteiger partial charge in [-0.3, -0.25) is 0 Å². The van der Waals surface area contributed by atoms with Crippen LogP contribution in [0, 0.1) is 5.92 Å². The Morgan fingerprint density at radius 1 is 0.459 bits per heavy atom. The molecule has 0 spiro atoms. The van der Waals surface area contributed by atoms with Crippen LogP contribution >= 0.6 is 0 Å². The van der Waals surface area contributed by atoms with Gasteiger partial charge in [0.15, 0.2) is 0 Å². The van der Waals surface area contributed by atoms with Crippen molar-refractivity contribution < 1.29 is 0 Å². The first kappa shape index (κ1) is 21.8. The van der Waals surface area contributed by atoms with E-state index < -0.39 is 0 Å². The Balaban J connectivity index is 1.41.